The fraction of sp³-hybridized carbons (Fsp3) is 0.0714. The Morgan fingerprint density at radius 2 is 2.19 bits per heavy atom. The molecule has 0 saturated carbocycles. The van der Waals surface area contributed by atoms with Crippen molar-refractivity contribution < 1.29 is 9.21 Å². The van der Waals surface area contributed by atoms with Gasteiger partial charge >= 0.3 is 6.01 Å². The highest BCUT2D eigenvalue weighted by atomic mass is 35.5. The van der Waals surface area contributed by atoms with Crippen molar-refractivity contribution in [3.63, 3.8) is 0 Å². The molecule has 0 saturated heterocycles. The van der Waals surface area contributed by atoms with E-state index in [-0.39, 0.29) is 11.9 Å². The van der Waals surface area contributed by atoms with Crippen LogP contribution in [0.5, 0.6) is 0 Å². The van der Waals surface area contributed by atoms with E-state index in [0.29, 0.717) is 22.9 Å². The summed E-state index contributed by atoms with van der Waals surface area (Å²) in [5, 5.41) is 12.7. The molecule has 0 spiro atoms. The number of nitrogens with zero attached hydrogens (tertiary/aromatic N) is 2. The van der Waals surface area contributed by atoms with Gasteiger partial charge in [0.2, 0.25) is 5.89 Å². The van der Waals surface area contributed by atoms with Gasteiger partial charge in [-0.1, -0.05) is 28.8 Å². The molecule has 3 rings (SSSR count). The first-order valence-corrected chi connectivity index (χ1v) is 7.38. The van der Waals surface area contributed by atoms with Gasteiger partial charge in [-0.15, -0.1) is 16.4 Å². The Hall–Kier alpha value is -2.18. The van der Waals surface area contributed by atoms with E-state index < -0.39 is 0 Å². The van der Waals surface area contributed by atoms with Crippen LogP contribution < -0.4 is 5.32 Å². The SMILES string of the molecule is O=C(Nc1nnc(Cc2cccs2)o1)c1cccc(Cl)c1. The maximum absolute atomic E-state index is 12.0. The largest absolute Gasteiger partial charge is 0.407 e. The maximum atomic E-state index is 12.0. The summed E-state index contributed by atoms with van der Waals surface area (Å²) < 4.78 is 5.40. The minimum atomic E-state index is -0.344. The summed E-state index contributed by atoms with van der Waals surface area (Å²) in [4.78, 5) is 13.1. The maximum Gasteiger partial charge on any atom is 0.322 e. The molecule has 7 heteroatoms. The van der Waals surface area contributed by atoms with E-state index in [9.17, 15) is 4.79 Å². The Morgan fingerprint density at radius 1 is 1.29 bits per heavy atom. The van der Waals surface area contributed by atoms with Gasteiger partial charge in [0.1, 0.15) is 0 Å². The van der Waals surface area contributed by atoms with E-state index in [4.69, 9.17) is 16.0 Å². The number of benzene rings is 1. The Bertz CT molecular complexity index is 755. The van der Waals surface area contributed by atoms with E-state index in [0.717, 1.165) is 4.88 Å². The van der Waals surface area contributed by atoms with Crippen LogP contribution in [0, 0.1) is 0 Å². The van der Waals surface area contributed by atoms with Gasteiger partial charge in [0, 0.05) is 15.5 Å². The highest BCUT2D eigenvalue weighted by Gasteiger charge is 2.12. The summed E-state index contributed by atoms with van der Waals surface area (Å²) in [6.45, 7) is 0. The molecule has 3 aromatic rings. The molecule has 0 bridgehead atoms. The minimum absolute atomic E-state index is 0.0755. The van der Waals surface area contributed by atoms with E-state index in [1.165, 1.54) is 0 Å². The van der Waals surface area contributed by atoms with Crippen LogP contribution in [-0.4, -0.2) is 16.1 Å². The lowest BCUT2D eigenvalue weighted by molar-refractivity contribution is 0.102. The van der Waals surface area contributed by atoms with Crippen molar-refractivity contribution in [2.45, 2.75) is 6.42 Å². The van der Waals surface area contributed by atoms with E-state index in [1.807, 2.05) is 17.5 Å². The molecule has 21 heavy (non-hydrogen) atoms. The molecule has 1 aromatic carbocycles. The lowest BCUT2D eigenvalue weighted by Crippen LogP contribution is -2.11. The number of hydrogen-bond acceptors (Lipinski definition) is 5. The van der Waals surface area contributed by atoms with Crippen molar-refractivity contribution in [3.05, 3.63) is 63.1 Å². The van der Waals surface area contributed by atoms with Crippen molar-refractivity contribution in [2.24, 2.45) is 0 Å². The smallest absolute Gasteiger partial charge is 0.322 e. The number of carbonyl (C=O) groups excluding carboxylic acids is 1. The summed E-state index contributed by atoms with van der Waals surface area (Å²) in [7, 11) is 0. The Morgan fingerprint density at radius 3 is 2.95 bits per heavy atom. The molecule has 0 unspecified atom stereocenters. The second-order valence-electron chi connectivity index (χ2n) is 4.22. The monoisotopic (exact) mass is 319 g/mol. The van der Waals surface area contributed by atoms with Gasteiger partial charge in [-0.3, -0.25) is 10.1 Å². The topological polar surface area (TPSA) is 68.0 Å². The summed E-state index contributed by atoms with van der Waals surface area (Å²) in [6.07, 6.45) is 0.553. The van der Waals surface area contributed by atoms with Gasteiger partial charge in [-0.2, -0.15) is 0 Å². The molecule has 0 radical (unpaired) electrons. The van der Waals surface area contributed by atoms with Gasteiger partial charge < -0.3 is 4.42 Å². The van der Waals surface area contributed by atoms with Gasteiger partial charge in [0.25, 0.3) is 5.91 Å². The van der Waals surface area contributed by atoms with Crippen LogP contribution in [0.15, 0.2) is 46.2 Å². The fourth-order valence-corrected chi connectivity index (χ4v) is 2.62. The number of anilines is 1. The second-order valence-corrected chi connectivity index (χ2v) is 5.69. The van der Waals surface area contributed by atoms with E-state index >= 15 is 0 Å². The summed E-state index contributed by atoms with van der Waals surface area (Å²) in [5.74, 6) is 0.114. The van der Waals surface area contributed by atoms with E-state index in [2.05, 4.69) is 15.5 Å². The van der Waals surface area contributed by atoms with Crippen LogP contribution in [0.4, 0.5) is 6.01 Å². The van der Waals surface area contributed by atoms with Crippen LogP contribution in [0.3, 0.4) is 0 Å². The zero-order valence-corrected chi connectivity index (χ0v) is 12.3. The predicted molar refractivity (Wildman–Crippen MR) is 80.8 cm³/mol. The third kappa shape index (κ3) is 3.48. The fourth-order valence-electron chi connectivity index (χ4n) is 1.74. The number of thiophene rings is 1. The molecule has 106 valence electrons. The van der Waals surface area contributed by atoms with Crippen LogP contribution in [-0.2, 0) is 6.42 Å². The highest BCUT2D eigenvalue weighted by molar-refractivity contribution is 7.09. The van der Waals surface area contributed by atoms with Crippen LogP contribution in [0.25, 0.3) is 0 Å². The predicted octanol–water partition coefficient (Wildman–Crippen LogP) is 3.63. The van der Waals surface area contributed by atoms with Crippen molar-refractivity contribution in [1.29, 1.82) is 0 Å². The average molecular weight is 320 g/mol. The number of aromatic nitrogens is 2. The molecule has 0 atom stereocenters. The summed E-state index contributed by atoms with van der Waals surface area (Å²) in [5.41, 5.74) is 0.431. The molecule has 0 aliphatic rings. The number of rotatable bonds is 4. The standard InChI is InChI=1S/C14H10ClN3O2S/c15-10-4-1-3-9(7-10)13(19)16-14-18-17-12(20-14)8-11-5-2-6-21-11/h1-7H,8H2,(H,16,18,19). The van der Waals surface area contributed by atoms with Gasteiger partial charge in [-0.25, -0.2) is 0 Å². The number of carbonyl (C=O) groups is 1. The molecule has 2 heterocycles. The zero-order chi connectivity index (χ0) is 14.7. The average Bonchev–Trinajstić information content (AvgIpc) is 3.11. The third-order valence-electron chi connectivity index (χ3n) is 2.68. The molecule has 1 amide bonds. The molecule has 0 aliphatic heterocycles. The third-order valence-corrected chi connectivity index (χ3v) is 3.79. The Labute approximate surface area is 129 Å². The quantitative estimate of drug-likeness (QED) is 0.797. The van der Waals surface area contributed by atoms with Crippen LogP contribution in [0.1, 0.15) is 21.1 Å². The molecule has 1 N–H and O–H groups in total. The van der Waals surface area contributed by atoms with Crippen LogP contribution >= 0.6 is 22.9 Å². The number of halogens is 1. The highest BCUT2D eigenvalue weighted by Crippen LogP contribution is 2.16. The van der Waals surface area contributed by atoms with Crippen molar-refractivity contribution in [3.8, 4) is 0 Å². The Kier molecular flexibility index (Phi) is 3.98. The molecular formula is C14H10ClN3O2S. The van der Waals surface area contributed by atoms with Crippen molar-refractivity contribution in [2.75, 3.05) is 5.32 Å². The molecule has 2 aromatic heterocycles. The number of hydrogen-bond donors (Lipinski definition) is 1. The number of amides is 1. The second kappa shape index (κ2) is 6.07. The van der Waals surface area contributed by atoms with Gasteiger partial charge in [-0.05, 0) is 29.6 Å². The molecule has 0 aliphatic carbocycles. The minimum Gasteiger partial charge on any atom is -0.407 e. The first-order valence-electron chi connectivity index (χ1n) is 6.12. The Balaban J connectivity index is 1.68. The van der Waals surface area contributed by atoms with Crippen molar-refractivity contribution >= 4 is 34.9 Å². The van der Waals surface area contributed by atoms with E-state index in [1.54, 1.807) is 35.6 Å². The summed E-state index contributed by atoms with van der Waals surface area (Å²) >= 11 is 7.45. The van der Waals surface area contributed by atoms with Crippen LogP contribution in [0.2, 0.25) is 5.02 Å². The lowest BCUT2D eigenvalue weighted by atomic mass is 10.2. The first-order chi connectivity index (χ1) is 10.2. The van der Waals surface area contributed by atoms with Gasteiger partial charge in [0.05, 0.1) is 6.42 Å². The zero-order valence-electron chi connectivity index (χ0n) is 10.7. The van der Waals surface area contributed by atoms with Crippen molar-refractivity contribution in [1.82, 2.24) is 10.2 Å². The van der Waals surface area contributed by atoms with Gasteiger partial charge in [0.15, 0.2) is 0 Å². The first kappa shape index (κ1) is 13.8. The summed E-state index contributed by atoms with van der Waals surface area (Å²) in [6, 6.07) is 10.6. The molecule has 5 nitrogen and oxygen atoms in total. The lowest BCUT2D eigenvalue weighted by Gasteiger charge is -2.00. The molecular weight excluding hydrogens is 310 g/mol. The molecule has 0 fully saturated rings. The normalized spacial score (nSPS) is 10.5. The number of nitrogens with one attached hydrogen (secondary N) is 1.